The maximum Gasteiger partial charge on any atom is 0.323 e. The Kier molecular flexibility index (Phi) is 6.51. The van der Waals surface area contributed by atoms with Gasteiger partial charge in [0.1, 0.15) is 6.54 Å². The third-order valence-corrected chi connectivity index (χ3v) is 2.62. The van der Waals surface area contributed by atoms with Crippen molar-refractivity contribution in [3.63, 3.8) is 0 Å². The van der Waals surface area contributed by atoms with Crippen LogP contribution in [0, 0.1) is 11.3 Å². The number of carboxylic acid groups (broad SMARTS) is 1. The third-order valence-electron chi connectivity index (χ3n) is 2.62. The number of hydrogen-bond acceptors (Lipinski definition) is 2. The van der Waals surface area contributed by atoms with Crippen molar-refractivity contribution in [2.75, 3.05) is 13.1 Å². The molecule has 0 bridgehead atoms. The Labute approximate surface area is 122 Å². The van der Waals surface area contributed by atoms with Gasteiger partial charge in [0, 0.05) is 12.1 Å². The van der Waals surface area contributed by atoms with Gasteiger partial charge in [-0.15, -0.1) is 0 Å². The minimum Gasteiger partial charge on any atom is -0.480 e. The summed E-state index contributed by atoms with van der Waals surface area (Å²) in [5, 5.41) is 11.9. The SMILES string of the molecule is CC(C)CN(CC(=O)O)C(=O)NC(C)(C)CC(C)(C)C. The first-order chi connectivity index (χ1) is 8.82. The Morgan fingerprint density at radius 2 is 1.65 bits per heavy atom. The fourth-order valence-electron chi connectivity index (χ4n) is 2.56. The quantitative estimate of drug-likeness (QED) is 0.788. The molecule has 0 heterocycles. The van der Waals surface area contributed by atoms with E-state index < -0.39 is 5.97 Å². The summed E-state index contributed by atoms with van der Waals surface area (Å²) in [5.41, 5.74) is -0.282. The van der Waals surface area contributed by atoms with Gasteiger partial charge in [-0.1, -0.05) is 34.6 Å². The Balaban J connectivity index is 4.77. The van der Waals surface area contributed by atoms with Crippen LogP contribution in [0.4, 0.5) is 4.79 Å². The lowest BCUT2D eigenvalue weighted by Gasteiger charge is -2.35. The second-order valence-corrected chi connectivity index (χ2v) is 7.72. The molecule has 5 nitrogen and oxygen atoms in total. The van der Waals surface area contributed by atoms with E-state index in [1.807, 2.05) is 27.7 Å². The van der Waals surface area contributed by atoms with E-state index in [1.165, 1.54) is 4.90 Å². The van der Waals surface area contributed by atoms with Gasteiger partial charge in [0.2, 0.25) is 0 Å². The summed E-state index contributed by atoms with van der Waals surface area (Å²) >= 11 is 0. The molecular weight excluding hydrogens is 256 g/mol. The van der Waals surface area contributed by atoms with Crippen molar-refractivity contribution in [3.8, 4) is 0 Å². The highest BCUT2D eigenvalue weighted by Crippen LogP contribution is 2.26. The number of carboxylic acids is 1. The molecule has 0 saturated heterocycles. The van der Waals surface area contributed by atoms with Crippen molar-refractivity contribution in [1.29, 1.82) is 0 Å². The van der Waals surface area contributed by atoms with E-state index in [9.17, 15) is 9.59 Å². The van der Waals surface area contributed by atoms with Gasteiger partial charge < -0.3 is 15.3 Å². The van der Waals surface area contributed by atoms with Crippen molar-refractivity contribution >= 4 is 12.0 Å². The van der Waals surface area contributed by atoms with Crippen LogP contribution in [0.2, 0.25) is 0 Å². The lowest BCUT2D eigenvalue weighted by Crippen LogP contribution is -2.53. The van der Waals surface area contributed by atoms with Gasteiger partial charge in [-0.3, -0.25) is 4.79 Å². The number of nitrogens with zero attached hydrogens (tertiary/aromatic N) is 1. The van der Waals surface area contributed by atoms with Crippen molar-refractivity contribution in [2.45, 2.75) is 60.4 Å². The molecule has 20 heavy (non-hydrogen) atoms. The second kappa shape index (κ2) is 6.95. The number of aliphatic carboxylic acids is 1. The summed E-state index contributed by atoms with van der Waals surface area (Å²) in [6.45, 7) is 14.4. The lowest BCUT2D eigenvalue weighted by atomic mass is 9.82. The monoisotopic (exact) mass is 286 g/mol. The summed E-state index contributed by atoms with van der Waals surface area (Å²) in [5.74, 6) is -0.764. The molecule has 0 aromatic rings. The molecular formula is C15H30N2O3. The van der Waals surface area contributed by atoms with Crippen LogP contribution < -0.4 is 5.32 Å². The molecule has 0 fully saturated rings. The number of amides is 2. The largest absolute Gasteiger partial charge is 0.480 e. The van der Waals surface area contributed by atoms with Crippen molar-refractivity contribution < 1.29 is 14.7 Å². The van der Waals surface area contributed by atoms with Crippen molar-refractivity contribution in [1.82, 2.24) is 10.2 Å². The van der Waals surface area contributed by atoms with Crippen LogP contribution in [0.1, 0.15) is 54.9 Å². The Bertz CT molecular complexity index is 344. The summed E-state index contributed by atoms with van der Waals surface area (Å²) in [4.78, 5) is 24.5. The molecule has 0 unspecified atom stereocenters. The van der Waals surface area contributed by atoms with Gasteiger partial charge in [0.25, 0.3) is 0 Å². The molecule has 2 N–H and O–H groups in total. The number of hydrogen-bond donors (Lipinski definition) is 2. The van der Waals surface area contributed by atoms with Crippen LogP contribution in [-0.2, 0) is 4.79 Å². The van der Waals surface area contributed by atoms with E-state index in [2.05, 4.69) is 26.1 Å². The maximum atomic E-state index is 12.3. The zero-order chi connectivity index (χ0) is 16.1. The van der Waals surface area contributed by atoms with Crippen LogP contribution in [0.3, 0.4) is 0 Å². The molecule has 0 atom stereocenters. The van der Waals surface area contributed by atoms with E-state index >= 15 is 0 Å². The fraction of sp³-hybridized carbons (Fsp3) is 0.867. The first-order valence-electron chi connectivity index (χ1n) is 7.11. The minimum atomic E-state index is -0.991. The molecule has 0 aliphatic carbocycles. The zero-order valence-corrected chi connectivity index (χ0v) is 13.9. The summed E-state index contributed by atoms with van der Waals surface area (Å²) in [6.07, 6.45) is 0.814. The molecule has 2 amide bonds. The number of carbonyl (C=O) groups excluding carboxylic acids is 1. The van der Waals surface area contributed by atoms with Crippen LogP contribution in [0.5, 0.6) is 0 Å². The third kappa shape index (κ3) is 8.77. The number of rotatable bonds is 6. The standard InChI is InChI=1S/C15H30N2O3/c1-11(2)8-17(9-12(18)19)13(20)16-15(6,7)10-14(3,4)5/h11H,8-10H2,1-7H3,(H,16,20)(H,18,19). The molecule has 118 valence electrons. The fourth-order valence-corrected chi connectivity index (χ4v) is 2.56. The van der Waals surface area contributed by atoms with Gasteiger partial charge in [0.15, 0.2) is 0 Å². The van der Waals surface area contributed by atoms with Gasteiger partial charge in [0.05, 0.1) is 0 Å². The first-order valence-corrected chi connectivity index (χ1v) is 7.11. The molecule has 0 aromatic carbocycles. The number of urea groups is 1. The van der Waals surface area contributed by atoms with Gasteiger partial charge >= 0.3 is 12.0 Å². The smallest absolute Gasteiger partial charge is 0.323 e. The Morgan fingerprint density at radius 3 is 2.00 bits per heavy atom. The molecule has 0 radical (unpaired) electrons. The van der Waals surface area contributed by atoms with Gasteiger partial charge in [-0.25, -0.2) is 4.79 Å². The molecule has 0 aliphatic rings. The normalized spacial score (nSPS) is 12.4. The lowest BCUT2D eigenvalue weighted by molar-refractivity contribution is -0.137. The maximum absolute atomic E-state index is 12.3. The zero-order valence-electron chi connectivity index (χ0n) is 13.9. The average Bonchev–Trinajstić information content (AvgIpc) is 2.09. The predicted octanol–water partition coefficient (Wildman–Crippen LogP) is 2.95. The number of carbonyl (C=O) groups is 2. The summed E-state index contributed by atoms with van der Waals surface area (Å²) < 4.78 is 0. The van der Waals surface area contributed by atoms with E-state index in [1.54, 1.807) is 0 Å². The Hall–Kier alpha value is -1.26. The molecule has 0 aliphatic heterocycles. The summed E-state index contributed by atoms with van der Waals surface area (Å²) in [7, 11) is 0. The number of nitrogens with one attached hydrogen (secondary N) is 1. The average molecular weight is 286 g/mol. The highest BCUT2D eigenvalue weighted by Gasteiger charge is 2.29. The van der Waals surface area contributed by atoms with E-state index in [0.29, 0.717) is 6.54 Å². The second-order valence-electron chi connectivity index (χ2n) is 7.72. The molecule has 0 spiro atoms. The highest BCUT2D eigenvalue weighted by molar-refractivity contribution is 5.80. The highest BCUT2D eigenvalue weighted by atomic mass is 16.4. The van der Waals surface area contributed by atoms with Crippen LogP contribution in [0.15, 0.2) is 0 Å². The molecule has 0 rings (SSSR count). The van der Waals surface area contributed by atoms with Crippen molar-refractivity contribution in [2.24, 2.45) is 11.3 Å². The van der Waals surface area contributed by atoms with Crippen LogP contribution in [-0.4, -0.2) is 40.6 Å². The summed E-state index contributed by atoms with van der Waals surface area (Å²) in [6, 6.07) is -0.310. The molecule has 5 heteroatoms. The minimum absolute atomic E-state index is 0.0897. The first kappa shape index (κ1) is 18.7. The van der Waals surface area contributed by atoms with E-state index in [0.717, 1.165) is 6.42 Å². The van der Waals surface area contributed by atoms with Gasteiger partial charge in [-0.2, -0.15) is 0 Å². The van der Waals surface area contributed by atoms with E-state index in [4.69, 9.17) is 5.11 Å². The molecule has 0 aromatic heterocycles. The van der Waals surface area contributed by atoms with Crippen LogP contribution >= 0.6 is 0 Å². The molecule has 0 saturated carbocycles. The van der Waals surface area contributed by atoms with Gasteiger partial charge in [-0.05, 0) is 31.6 Å². The Morgan fingerprint density at radius 1 is 1.15 bits per heavy atom. The predicted molar refractivity (Wildman–Crippen MR) is 80.7 cm³/mol. The van der Waals surface area contributed by atoms with Crippen molar-refractivity contribution in [3.05, 3.63) is 0 Å². The van der Waals surface area contributed by atoms with E-state index in [-0.39, 0.29) is 29.4 Å². The topological polar surface area (TPSA) is 69.6 Å². The van der Waals surface area contributed by atoms with Crippen LogP contribution in [0.25, 0.3) is 0 Å².